The number of thioether (sulfide) groups is 1. The molecule has 2 aliphatic heterocycles. The molecule has 5 nitrogen and oxygen atoms in total. The van der Waals surface area contributed by atoms with Gasteiger partial charge in [-0.1, -0.05) is 0 Å². The number of carbonyl (C=O) groups excluding carboxylic acids is 1. The molecule has 2 aliphatic rings. The zero-order valence-electron chi connectivity index (χ0n) is 8.72. The molecule has 1 amide bonds. The standard InChI is InChI=1S/C10H13NO4S/c12-9(13)3-1-2-6-4-8-7(5-16-6)11-10(14)15-8/h6,8H,1-5H2,(H,12,13)/t6-,8+/m0/s1. The third-order valence-electron chi connectivity index (χ3n) is 2.71. The van der Waals surface area contributed by atoms with Crippen LogP contribution in [0, 0.1) is 0 Å². The molecule has 0 aromatic carbocycles. The van der Waals surface area contributed by atoms with Crippen molar-refractivity contribution in [3.8, 4) is 0 Å². The van der Waals surface area contributed by atoms with Crippen LogP contribution in [0.15, 0.2) is 4.99 Å². The summed E-state index contributed by atoms with van der Waals surface area (Å²) in [5, 5.41) is 8.92. The average Bonchev–Trinajstić information content (AvgIpc) is 2.56. The minimum Gasteiger partial charge on any atom is -0.481 e. The molecule has 16 heavy (non-hydrogen) atoms. The summed E-state index contributed by atoms with van der Waals surface area (Å²) < 4.78 is 5.05. The maximum atomic E-state index is 10.9. The van der Waals surface area contributed by atoms with E-state index in [0.29, 0.717) is 11.7 Å². The van der Waals surface area contributed by atoms with Gasteiger partial charge in [-0.15, -0.1) is 0 Å². The van der Waals surface area contributed by atoms with E-state index in [2.05, 4.69) is 4.99 Å². The van der Waals surface area contributed by atoms with Crippen LogP contribution in [0.4, 0.5) is 4.79 Å². The Morgan fingerprint density at radius 3 is 3.19 bits per heavy atom. The minimum atomic E-state index is -0.754. The van der Waals surface area contributed by atoms with Crippen molar-refractivity contribution in [2.24, 2.45) is 4.99 Å². The van der Waals surface area contributed by atoms with E-state index < -0.39 is 12.1 Å². The predicted molar refractivity (Wildman–Crippen MR) is 60.1 cm³/mol. The van der Waals surface area contributed by atoms with E-state index in [4.69, 9.17) is 9.84 Å². The molecule has 1 N–H and O–H groups in total. The normalized spacial score (nSPS) is 28.2. The second kappa shape index (κ2) is 4.86. The predicted octanol–water partition coefficient (Wildman–Crippen LogP) is 1.71. The van der Waals surface area contributed by atoms with Crippen LogP contribution in [0.25, 0.3) is 0 Å². The van der Waals surface area contributed by atoms with E-state index >= 15 is 0 Å². The number of hydrogen-bond acceptors (Lipinski definition) is 4. The van der Waals surface area contributed by atoms with Gasteiger partial charge in [0.25, 0.3) is 0 Å². The van der Waals surface area contributed by atoms with Gasteiger partial charge in [-0.25, -0.2) is 4.79 Å². The van der Waals surface area contributed by atoms with Gasteiger partial charge in [0.05, 0.1) is 5.71 Å². The molecule has 0 saturated carbocycles. The number of fused-ring (bicyclic) bond motifs is 1. The molecule has 2 rings (SSSR count). The summed E-state index contributed by atoms with van der Waals surface area (Å²) in [6, 6.07) is 0. The van der Waals surface area contributed by atoms with Gasteiger partial charge in [-0.05, 0) is 12.8 Å². The van der Waals surface area contributed by atoms with E-state index in [1.807, 2.05) is 0 Å². The third kappa shape index (κ3) is 2.75. The van der Waals surface area contributed by atoms with E-state index in [-0.39, 0.29) is 12.5 Å². The fourth-order valence-corrected chi connectivity index (χ4v) is 3.21. The molecule has 2 heterocycles. The average molecular weight is 243 g/mol. The van der Waals surface area contributed by atoms with E-state index in [1.165, 1.54) is 0 Å². The Balaban J connectivity index is 1.77. The summed E-state index contributed by atoms with van der Waals surface area (Å²) in [6.07, 6.45) is 1.89. The molecule has 0 spiro atoms. The quantitative estimate of drug-likeness (QED) is 0.813. The van der Waals surface area contributed by atoms with Gasteiger partial charge in [-0.2, -0.15) is 16.8 Å². The van der Waals surface area contributed by atoms with Gasteiger partial charge in [0.1, 0.15) is 6.10 Å². The first kappa shape index (κ1) is 11.4. The summed E-state index contributed by atoms with van der Waals surface area (Å²) in [5.41, 5.74) is 0.837. The molecule has 6 heteroatoms. The Morgan fingerprint density at radius 2 is 2.44 bits per heavy atom. The van der Waals surface area contributed by atoms with Crippen LogP contribution in [-0.2, 0) is 9.53 Å². The molecule has 0 aromatic rings. The number of ether oxygens (including phenoxy) is 1. The van der Waals surface area contributed by atoms with E-state index in [1.54, 1.807) is 11.8 Å². The van der Waals surface area contributed by atoms with Crippen LogP contribution >= 0.6 is 11.8 Å². The lowest BCUT2D eigenvalue weighted by Gasteiger charge is -2.25. The maximum Gasteiger partial charge on any atom is 0.434 e. The highest BCUT2D eigenvalue weighted by Gasteiger charge is 2.34. The monoisotopic (exact) mass is 243 g/mol. The lowest BCUT2D eigenvalue weighted by molar-refractivity contribution is -0.137. The Kier molecular flexibility index (Phi) is 3.48. The number of nitrogens with zero attached hydrogens (tertiary/aromatic N) is 1. The summed E-state index contributed by atoms with van der Waals surface area (Å²) in [6.45, 7) is 0. The van der Waals surface area contributed by atoms with Crippen molar-refractivity contribution < 1.29 is 19.4 Å². The fraction of sp³-hybridized carbons (Fsp3) is 0.700. The number of rotatable bonds is 4. The largest absolute Gasteiger partial charge is 0.481 e. The molecule has 88 valence electrons. The van der Waals surface area contributed by atoms with Gasteiger partial charge < -0.3 is 9.84 Å². The van der Waals surface area contributed by atoms with Gasteiger partial charge in [0, 0.05) is 23.8 Å². The number of aliphatic imine (C=N–C) groups is 1. The molecule has 0 aliphatic carbocycles. The van der Waals surface area contributed by atoms with Crippen LogP contribution in [0.5, 0.6) is 0 Å². The van der Waals surface area contributed by atoms with Crippen molar-refractivity contribution in [2.75, 3.05) is 5.75 Å². The van der Waals surface area contributed by atoms with Gasteiger partial charge >= 0.3 is 12.1 Å². The van der Waals surface area contributed by atoms with Gasteiger partial charge in [-0.3, -0.25) is 4.79 Å². The van der Waals surface area contributed by atoms with Crippen molar-refractivity contribution in [1.82, 2.24) is 0 Å². The first-order valence-corrected chi connectivity index (χ1v) is 6.31. The Labute approximate surface area is 97.3 Å². The molecular weight excluding hydrogens is 230 g/mol. The first-order valence-electron chi connectivity index (χ1n) is 5.26. The fourth-order valence-electron chi connectivity index (χ4n) is 1.91. The Bertz CT molecular complexity index is 342. The summed E-state index contributed by atoms with van der Waals surface area (Å²) >= 11 is 1.74. The van der Waals surface area contributed by atoms with Crippen LogP contribution in [0.3, 0.4) is 0 Å². The summed E-state index contributed by atoms with van der Waals surface area (Å²) in [5.74, 6) is -0.0240. The Hall–Kier alpha value is -1.04. The van der Waals surface area contributed by atoms with Crippen molar-refractivity contribution in [3.63, 3.8) is 0 Å². The SMILES string of the molecule is O=C(O)CCC[C@H]1C[C@H]2OC(=O)N=C2CS1. The molecular formula is C10H13NO4S. The second-order valence-corrected chi connectivity index (χ2v) is 5.22. The number of hydrogen-bond donors (Lipinski definition) is 1. The Morgan fingerprint density at radius 1 is 1.62 bits per heavy atom. The van der Waals surface area contributed by atoms with Crippen molar-refractivity contribution >= 4 is 29.5 Å². The molecule has 1 saturated heterocycles. The number of aliphatic carboxylic acids is 1. The zero-order valence-corrected chi connectivity index (χ0v) is 9.53. The first-order chi connectivity index (χ1) is 7.65. The highest BCUT2D eigenvalue weighted by Crippen LogP contribution is 2.31. The maximum absolute atomic E-state index is 10.9. The van der Waals surface area contributed by atoms with Crippen LogP contribution in [0.2, 0.25) is 0 Å². The molecule has 0 radical (unpaired) electrons. The van der Waals surface area contributed by atoms with Crippen molar-refractivity contribution in [3.05, 3.63) is 0 Å². The van der Waals surface area contributed by atoms with Crippen molar-refractivity contribution in [2.45, 2.75) is 37.0 Å². The van der Waals surface area contributed by atoms with E-state index in [9.17, 15) is 9.59 Å². The molecule has 0 aromatic heterocycles. The smallest absolute Gasteiger partial charge is 0.434 e. The summed E-state index contributed by atoms with van der Waals surface area (Å²) in [4.78, 5) is 25.1. The van der Waals surface area contributed by atoms with Crippen LogP contribution in [0.1, 0.15) is 25.7 Å². The lowest BCUT2D eigenvalue weighted by atomic mass is 10.1. The number of amides is 1. The second-order valence-electron chi connectivity index (χ2n) is 3.93. The topological polar surface area (TPSA) is 76.0 Å². The van der Waals surface area contributed by atoms with Crippen LogP contribution < -0.4 is 0 Å². The number of carboxylic acid groups (broad SMARTS) is 1. The van der Waals surface area contributed by atoms with Gasteiger partial charge in [0.15, 0.2) is 0 Å². The lowest BCUT2D eigenvalue weighted by Crippen LogP contribution is -2.31. The van der Waals surface area contributed by atoms with Crippen LogP contribution in [-0.4, -0.2) is 40.0 Å². The highest BCUT2D eigenvalue weighted by molar-refractivity contribution is 8.00. The molecule has 0 unspecified atom stereocenters. The highest BCUT2D eigenvalue weighted by atomic mass is 32.2. The van der Waals surface area contributed by atoms with E-state index in [0.717, 1.165) is 24.3 Å². The zero-order chi connectivity index (χ0) is 11.5. The van der Waals surface area contributed by atoms with Gasteiger partial charge in [0.2, 0.25) is 0 Å². The molecule has 1 fully saturated rings. The third-order valence-corrected chi connectivity index (χ3v) is 4.07. The van der Waals surface area contributed by atoms with Crippen molar-refractivity contribution in [1.29, 1.82) is 0 Å². The molecule has 0 bridgehead atoms. The number of carbonyl (C=O) groups is 2. The summed E-state index contributed by atoms with van der Waals surface area (Å²) in [7, 11) is 0. The molecule has 2 atom stereocenters. The minimum absolute atomic E-state index is 0.149. The number of carboxylic acids is 1.